The molecule has 4 aromatic carbocycles. The Hall–Kier alpha value is -7.14. The monoisotopic (exact) mass is 821 g/mol. The molecule has 0 bridgehead atoms. The van der Waals surface area contributed by atoms with E-state index >= 15 is 0 Å². The van der Waals surface area contributed by atoms with Crippen molar-refractivity contribution in [3.8, 4) is 17.2 Å². The third-order valence-electron chi connectivity index (χ3n) is 7.88. The number of thiazole rings is 1. The van der Waals surface area contributed by atoms with Crippen LogP contribution in [0.3, 0.4) is 0 Å². The molecule has 1 heterocycles. The maximum atomic E-state index is 13.3. The minimum atomic E-state index is -1.31. The summed E-state index contributed by atoms with van der Waals surface area (Å²) in [7, 11) is 0. The van der Waals surface area contributed by atoms with Gasteiger partial charge >= 0.3 is 23.9 Å². The number of hydrogen-bond acceptors (Lipinski definition) is 16. The van der Waals surface area contributed by atoms with Crippen molar-refractivity contribution < 1.29 is 57.4 Å². The molecule has 59 heavy (non-hydrogen) atoms. The molecule has 0 radical (unpaired) electrons. The van der Waals surface area contributed by atoms with Crippen LogP contribution in [-0.2, 0) is 35.0 Å². The normalized spacial score (nSPS) is 11.8. The highest BCUT2D eigenvalue weighted by atomic mass is 32.1. The van der Waals surface area contributed by atoms with Crippen LogP contribution in [0, 0.1) is 0 Å². The third-order valence-corrected chi connectivity index (χ3v) is 8.82. The number of carbonyl (C=O) groups excluding carboxylic acids is 4. The van der Waals surface area contributed by atoms with E-state index in [0.717, 1.165) is 27.9 Å². The average Bonchev–Trinajstić information content (AvgIpc) is 3.68. The summed E-state index contributed by atoms with van der Waals surface area (Å²) in [5.41, 5.74) is 5.48. The zero-order valence-electron chi connectivity index (χ0n) is 31.5. The van der Waals surface area contributed by atoms with Crippen molar-refractivity contribution >= 4 is 56.8 Å². The SMILES string of the molecule is C=CC(=O)OCOc1ccc(C(=O)OCCc2ccc(OC(=O)c3ccc(OCC(COC(=O)C=C)OC(O)C=C)cc3)c(/C=N/Nc3nc4ccccc4s3)c2)cc1. The summed E-state index contributed by atoms with van der Waals surface area (Å²) in [6, 6.07) is 25.1. The van der Waals surface area contributed by atoms with E-state index < -0.39 is 36.3 Å². The predicted molar refractivity (Wildman–Crippen MR) is 219 cm³/mol. The minimum Gasteiger partial charge on any atom is -0.491 e. The highest BCUT2D eigenvalue weighted by Crippen LogP contribution is 2.26. The quantitative estimate of drug-likeness (QED) is 0.0114. The fourth-order valence-electron chi connectivity index (χ4n) is 4.92. The van der Waals surface area contributed by atoms with E-state index in [9.17, 15) is 24.3 Å². The molecule has 0 saturated heterocycles. The number of benzene rings is 4. The van der Waals surface area contributed by atoms with Crippen LogP contribution in [0.5, 0.6) is 17.2 Å². The highest BCUT2D eigenvalue weighted by molar-refractivity contribution is 7.22. The van der Waals surface area contributed by atoms with Crippen molar-refractivity contribution in [2.24, 2.45) is 5.10 Å². The molecule has 0 saturated carbocycles. The molecule has 0 fully saturated rings. The van der Waals surface area contributed by atoms with Crippen LogP contribution in [0.15, 0.2) is 134 Å². The zero-order valence-corrected chi connectivity index (χ0v) is 32.3. The molecule has 0 amide bonds. The maximum Gasteiger partial charge on any atom is 0.343 e. The van der Waals surface area contributed by atoms with Crippen molar-refractivity contribution in [3.63, 3.8) is 0 Å². The number of anilines is 1. The molecule has 2 atom stereocenters. The molecule has 15 nitrogen and oxygen atoms in total. The van der Waals surface area contributed by atoms with Crippen LogP contribution < -0.4 is 19.6 Å². The lowest BCUT2D eigenvalue weighted by Gasteiger charge is -2.20. The van der Waals surface area contributed by atoms with E-state index in [-0.39, 0.29) is 37.9 Å². The van der Waals surface area contributed by atoms with Gasteiger partial charge in [0.05, 0.1) is 34.2 Å². The number of carbonyl (C=O) groups is 4. The van der Waals surface area contributed by atoms with E-state index in [1.165, 1.54) is 47.9 Å². The molecular weight excluding hydrogens is 783 g/mol. The van der Waals surface area contributed by atoms with Gasteiger partial charge in [-0.2, -0.15) is 5.10 Å². The highest BCUT2D eigenvalue weighted by Gasteiger charge is 2.18. The summed E-state index contributed by atoms with van der Waals surface area (Å²) in [5, 5.41) is 14.7. The third kappa shape index (κ3) is 13.5. The number of ether oxygens (including phenoxy) is 7. The molecule has 304 valence electrons. The van der Waals surface area contributed by atoms with E-state index in [1.807, 2.05) is 24.3 Å². The van der Waals surface area contributed by atoms with Gasteiger partial charge in [0.25, 0.3) is 0 Å². The second-order valence-electron chi connectivity index (χ2n) is 12.0. The van der Waals surface area contributed by atoms with Gasteiger partial charge in [0.1, 0.15) is 36.6 Å². The smallest absolute Gasteiger partial charge is 0.343 e. The molecule has 0 aliphatic heterocycles. The zero-order chi connectivity index (χ0) is 42.0. The fourth-order valence-corrected chi connectivity index (χ4v) is 5.74. The van der Waals surface area contributed by atoms with Gasteiger partial charge in [-0.25, -0.2) is 24.2 Å². The minimum absolute atomic E-state index is 0.0460. The van der Waals surface area contributed by atoms with E-state index in [4.69, 9.17) is 33.2 Å². The molecule has 2 unspecified atom stereocenters. The van der Waals surface area contributed by atoms with Gasteiger partial charge in [-0.05, 0) is 84.4 Å². The molecule has 5 rings (SSSR count). The van der Waals surface area contributed by atoms with Crippen molar-refractivity contribution in [1.82, 2.24) is 4.98 Å². The summed E-state index contributed by atoms with van der Waals surface area (Å²) in [6.07, 6.45) is 2.87. The second-order valence-corrected chi connectivity index (χ2v) is 13.0. The Balaban J connectivity index is 1.22. The fraction of sp³-hybridized carbons (Fsp3) is 0.163. The lowest BCUT2D eigenvalue weighted by molar-refractivity contribution is -0.156. The predicted octanol–water partition coefficient (Wildman–Crippen LogP) is 6.42. The van der Waals surface area contributed by atoms with Gasteiger partial charge < -0.3 is 38.3 Å². The lowest BCUT2D eigenvalue weighted by atomic mass is 10.1. The first kappa shape index (κ1) is 43.0. The van der Waals surface area contributed by atoms with Crippen LogP contribution in [-0.4, -0.2) is 79.2 Å². The number of fused-ring (bicyclic) bond motifs is 1. The summed E-state index contributed by atoms with van der Waals surface area (Å²) in [5.74, 6) is -1.53. The van der Waals surface area contributed by atoms with Crippen molar-refractivity contribution in [2.45, 2.75) is 18.8 Å². The first-order valence-corrected chi connectivity index (χ1v) is 18.6. The first-order chi connectivity index (χ1) is 28.6. The average molecular weight is 822 g/mol. The molecule has 0 aliphatic carbocycles. The number of rotatable bonds is 22. The second kappa shape index (κ2) is 22.0. The Labute approximate surface area is 342 Å². The maximum absolute atomic E-state index is 13.3. The van der Waals surface area contributed by atoms with Crippen LogP contribution in [0.4, 0.5) is 5.13 Å². The molecule has 0 aliphatic rings. The number of nitrogens with one attached hydrogen (secondary N) is 1. The molecule has 2 N–H and O–H groups in total. The van der Waals surface area contributed by atoms with Crippen LogP contribution >= 0.6 is 11.3 Å². The van der Waals surface area contributed by atoms with E-state index in [0.29, 0.717) is 34.2 Å². The summed E-state index contributed by atoms with van der Waals surface area (Å²) < 4.78 is 38.5. The summed E-state index contributed by atoms with van der Waals surface area (Å²) in [4.78, 5) is 53.2. The van der Waals surface area contributed by atoms with E-state index in [2.05, 4.69) is 35.2 Å². The van der Waals surface area contributed by atoms with Crippen LogP contribution in [0.1, 0.15) is 31.8 Å². The van der Waals surface area contributed by atoms with Gasteiger partial charge in [-0.15, -0.1) is 0 Å². The number of nitrogens with zero attached hydrogens (tertiary/aromatic N) is 2. The van der Waals surface area contributed by atoms with E-state index in [1.54, 1.807) is 42.5 Å². The van der Waals surface area contributed by atoms with Gasteiger partial charge in [0, 0.05) is 24.1 Å². The number of aromatic nitrogens is 1. The number of aliphatic hydroxyl groups excluding tert-OH is 1. The van der Waals surface area contributed by atoms with Gasteiger partial charge in [-0.1, -0.05) is 49.3 Å². The molecule has 0 spiro atoms. The summed E-state index contributed by atoms with van der Waals surface area (Å²) >= 11 is 1.43. The lowest BCUT2D eigenvalue weighted by Crippen LogP contribution is -2.31. The van der Waals surface area contributed by atoms with Gasteiger partial charge in [-0.3, -0.25) is 5.43 Å². The Kier molecular flexibility index (Phi) is 16.0. The molecular formula is C43H39N3O12S. The number of hydrazone groups is 1. The Morgan fingerprint density at radius 1 is 0.797 bits per heavy atom. The number of esters is 4. The van der Waals surface area contributed by atoms with Gasteiger partial charge in [0.2, 0.25) is 11.9 Å². The number of hydrogen-bond donors (Lipinski definition) is 2. The topological polar surface area (TPSA) is 190 Å². The Morgan fingerprint density at radius 2 is 1.47 bits per heavy atom. The van der Waals surface area contributed by atoms with Crippen LogP contribution in [0.25, 0.3) is 10.2 Å². The standard InChI is InChI=1S/C43H39N3O12S/c1-4-38(47)54-26-34(57-40(49)6-3)25-53-32-16-14-30(15-17-32)42(51)58-36-20-11-28(23-31(36)24-44-46-43-45-35-9-7-8-10-37(35)59-43)21-22-52-41(50)29-12-18-33(19-13-29)55-27-56-39(48)5-2/h4-20,23-24,34,40,49H,1-3,21-22,25-27H2,(H,45,46)/b44-24+. The van der Waals surface area contributed by atoms with Gasteiger partial charge in [0.15, 0.2) is 6.29 Å². The first-order valence-electron chi connectivity index (χ1n) is 17.8. The number of para-hydroxylation sites is 1. The van der Waals surface area contributed by atoms with Crippen molar-refractivity contribution in [3.05, 3.63) is 151 Å². The molecule has 5 aromatic rings. The number of aliphatic hydroxyl groups is 1. The molecule has 16 heteroatoms. The molecule has 1 aromatic heterocycles. The largest absolute Gasteiger partial charge is 0.491 e. The van der Waals surface area contributed by atoms with Crippen molar-refractivity contribution in [1.29, 1.82) is 0 Å². The Morgan fingerprint density at radius 3 is 2.17 bits per heavy atom. The summed E-state index contributed by atoms with van der Waals surface area (Å²) in [6.45, 7) is 9.55. The van der Waals surface area contributed by atoms with Crippen molar-refractivity contribution in [2.75, 3.05) is 32.0 Å². The van der Waals surface area contributed by atoms with Crippen LogP contribution in [0.2, 0.25) is 0 Å². The Bertz CT molecular complexity index is 2260.